The van der Waals surface area contributed by atoms with Gasteiger partial charge >= 0.3 is 12.2 Å². The average molecular weight is 727 g/mol. The molecule has 4 N–H and O–H groups in total. The van der Waals surface area contributed by atoms with E-state index in [-0.39, 0.29) is 36.9 Å². The molecule has 0 bridgehead atoms. The third-order valence-electron chi connectivity index (χ3n) is 7.58. The first-order chi connectivity index (χ1) is 24.4. The summed E-state index contributed by atoms with van der Waals surface area (Å²) in [7, 11) is 0. The van der Waals surface area contributed by atoms with Crippen molar-refractivity contribution in [1.82, 2.24) is 20.9 Å². The van der Waals surface area contributed by atoms with Crippen molar-refractivity contribution in [2.75, 3.05) is 18.4 Å². The number of nitrogens with one attached hydrogen (secondary N) is 4. The zero-order chi connectivity index (χ0) is 38.6. The molecule has 2 aromatic rings. The fraction of sp³-hybridized carbons (Fsp3) is 0.486. The van der Waals surface area contributed by atoms with Crippen molar-refractivity contribution in [1.29, 1.82) is 0 Å². The largest absolute Gasteiger partial charge is 0.514 e. The van der Waals surface area contributed by atoms with Crippen LogP contribution in [0.2, 0.25) is 0 Å². The van der Waals surface area contributed by atoms with Gasteiger partial charge in [0, 0.05) is 24.4 Å². The molecule has 17 heteroatoms. The highest BCUT2D eigenvalue weighted by Gasteiger charge is 2.35. The molecule has 3 rings (SSSR count). The highest BCUT2D eigenvalue weighted by Crippen LogP contribution is 2.21. The van der Waals surface area contributed by atoms with E-state index in [1.807, 2.05) is 13.8 Å². The van der Waals surface area contributed by atoms with E-state index >= 15 is 0 Å². The third kappa shape index (κ3) is 13.2. The van der Waals surface area contributed by atoms with Crippen LogP contribution in [0, 0.1) is 16.0 Å². The van der Waals surface area contributed by atoms with Gasteiger partial charge < -0.3 is 40.4 Å². The lowest BCUT2D eigenvalue weighted by atomic mass is 10.0. The molecule has 1 fully saturated rings. The monoisotopic (exact) mass is 726 g/mol. The van der Waals surface area contributed by atoms with Crippen LogP contribution in [0.4, 0.5) is 21.0 Å². The minimum absolute atomic E-state index is 0.0140. The molecule has 0 radical (unpaired) electrons. The Labute approximate surface area is 301 Å². The van der Waals surface area contributed by atoms with Crippen molar-refractivity contribution in [3.63, 3.8) is 0 Å². The second-order valence-electron chi connectivity index (χ2n) is 13.6. The maximum Gasteiger partial charge on any atom is 0.514 e. The average Bonchev–Trinajstić information content (AvgIpc) is 3.56. The fourth-order valence-electron chi connectivity index (χ4n) is 5.09. The molecular formula is C35H46N6O11. The van der Waals surface area contributed by atoms with Crippen LogP contribution in [0.5, 0.6) is 5.75 Å². The molecule has 0 aromatic heterocycles. The van der Waals surface area contributed by atoms with Gasteiger partial charge in [-0.25, -0.2) is 9.59 Å². The van der Waals surface area contributed by atoms with E-state index in [9.17, 15) is 38.9 Å². The smallest absolute Gasteiger partial charge is 0.444 e. The maximum absolute atomic E-state index is 13.2. The van der Waals surface area contributed by atoms with Crippen LogP contribution >= 0.6 is 0 Å². The summed E-state index contributed by atoms with van der Waals surface area (Å²) in [4.78, 5) is 87.9. The van der Waals surface area contributed by atoms with Gasteiger partial charge in [0.25, 0.3) is 5.69 Å². The number of anilines is 1. The first kappa shape index (κ1) is 40.7. The number of carbonyl (C=O) groups excluding carboxylic acids is 6. The maximum atomic E-state index is 13.2. The number of hydrogen-bond acceptors (Lipinski definition) is 11. The number of non-ortho nitro benzene ring substituents is 1. The molecule has 1 saturated heterocycles. The van der Waals surface area contributed by atoms with E-state index in [0.29, 0.717) is 30.6 Å². The lowest BCUT2D eigenvalue weighted by Crippen LogP contribution is -2.55. The van der Waals surface area contributed by atoms with Crippen LogP contribution in [-0.2, 0) is 35.3 Å². The molecule has 2 aromatic carbocycles. The van der Waals surface area contributed by atoms with Gasteiger partial charge in [-0.1, -0.05) is 26.0 Å². The van der Waals surface area contributed by atoms with Gasteiger partial charge in [-0.05, 0) is 82.7 Å². The molecule has 282 valence electrons. The molecule has 1 aliphatic heterocycles. The van der Waals surface area contributed by atoms with Crippen molar-refractivity contribution in [2.24, 2.45) is 5.92 Å². The molecule has 5 amide bonds. The topological polar surface area (TPSA) is 225 Å². The lowest BCUT2D eigenvalue weighted by Gasteiger charge is -2.26. The zero-order valence-corrected chi connectivity index (χ0v) is 30.1. The predicted molar refractivity (Wildman–Crippen MR) is 187 cm³/mol. The number of nitrogens with zero attached hydrogens (tertiary/aromatic N) is 2. The normalized spacial score (nSPS) is 15.1. The number of carbonyl (C=O) groups is 6. The molecule has 0 aliphatic carbocycles. The summed E-state index contributed by atoms with van der Waals surface area (Å²) in [6.07, 6.45) is -0.505. The van der Waals surface area contributed by atoms with E-state index in [1.165, 1.54) is 36.1 Å². The Morgan fingerprint density at radius 2 is 1.60 bits per heavy atom. The van der Waals surface area contributed by atoms with E-state index < -0.39 is 64.5 Å². The number of nitro groups is 1. The number of amides is 5. The minimum Gasteiger partial charge on any atom is -0.444 e. The van der Waals surface area contributed by atoms with Gasteiger partial charge in [-0.2, -0.15) is 0 Å². The lowest BCUT2D eigenvalue weighted by molar-refractivity contribution is -0.384. The number of benzene rings is 2. The molecule has 17 nitrogen and oxygen atoms in total. The summed E-state index contributed by atoms with van der Waals surface area (Å²) in [6, 6.07) is 8.66. The number of likely N-dealkylation sites (tertiary alicyclic amines) is 1. The standard InChI is InChI=1S/C35H46N6O11/c1-21(2)18-27(39-30(43)22(3)37-33(46)52-35(4,5)6)31(44)36-19-29(42)40-17-7-8-28(40)32(45)38-24-11-9-23(10-12-24)20-50-34(47)51-26-15-13-25(14-16-26)41(48)49/h9-16,21-22,27-28H,7-8,17-20H2,1-6H3,(H,36,44)(H,37,46)(H,38,45)(H,39,43)/t22-,27-,28-/m0/s1. The fourth-order valence-corrected chi connectivity index (χ4v) is 5.09. The van der Waals surface area contributed by atoms with Crippen LogP contribution in [0.1, 0.15) is 66.4 Å². The Bertz CT molecular complexity index is 1610. The summed E-state index contributed by atoms with van der Waals surface area (Å²) in [5.74, 6) is -1.96. The van der Waals surface area contributed by atoms with Gasteiger partial charge in [-0.15, -0.1) is 0 Å². The Hall–Kier alpha value is -5.74. The van der Waals surface area contributed by atoms with Crippen LogP contribution in [0.3, 0.4) is 0 Å². The summed E-state index contributed by atoms with van der Waals surface area (Å²) >= 11 is 0. The second kappa shape index (κ2) is 18.5. The summed E-state index contributed by atoms with van der Waals surface area (Å²) in [5, 5.41) is 21.2. The molecule has 0 spiro atoms. The molecule has 0 unspecified atom stereocenters. The first-order valence-corrected chi connectivity index (χ1v) is 16.8. The van der Waals surface area contributed by atoms with Gasteiger partial charge in [0.1, 0.15) is 36.1 Å². The van der Waals surface area contributed by atoms with E-state index in [4.69, 9.17) is 14.2 Å². The zero-order valence-electron chi connectivity index (χ0n) is 30.1. The van der Waals surface area contributed by atoms with Crippen LogP contribution in [0.15, 0.2) is 48.5 Å². The molecule has 1 aliphatic rings. The van der Waals surface area contributed by atoms with Gasteiger partial charge in [0.05, 0.1) is 11.5 Å². The van der Waals surface area contributed by atoms with Crippen molar-refractivity contribution >= 4 is 47.3 Å². The Balaban J connectivity index is 1.48. The van der Waals surface area contributed by atoms with E-state index in [1.54, 1.807) is 45.0 Å². The molecule has 0 saturated carbocycles. The van der Waals surface area contributed by atoms with Crippen LogP contribution in [0.25, 0.3) is 0 Å². The van der Waals surface area contributed by atoms with Gasteiger partial charge in [0.15, 0.2) is 0 Å². The number of hydrogen-bond donors (Lipinski definition) is 4. The number of nitro benzene ring substituents is 1. The minimum atomic E-state index is -1.00. The van der Waals surface area contributed by atoms with Crippen molar-refractivity contribution < 1.29 is 47.9 Å². The van der Waals surface area contributed by atoms with Crippen molar-refractivity contribution in [2.45, 2.75) is 91.1 Å². The molecule has 3 atom stereocenters. The third-order valence-corrected chi connectivity index (χ3v) is 7.58. The van der Waals surface area contributed by atoms with Crippen molar-refractivity contribution in [3.8, 4) is 5.75 Å². The van der Waals surface area contributed by atoms with E-state index in [0.717, 1.165) is 0 Å². The highest BCUT2D eigenvalue weighted by molar-refractivity contribution is 5.98. The first-order valence-electron chi connectivity index (χ1n) is 16.8. The summed E-state index contributed by atoms with van der Waals surface area (Å²) in [5.41, 5.74) is 0.125. The summed E-state index contributed by atoms with van der Waals surface area (Å²) in [6.45, 7) is 10.1. The summed E-state index contributed by atoms with van der Waals surface area (Å²) < 4.78 is 15.3. The van der Waals surface area contributed by atoms with Crippen LogP contribution in [-0.4, -0.2) is 82.5 Å². The SMILES string of the molecule is CC(C)C[C@H](NC(=O)[C@H](C)NC(=O)OC(C)(C)C)C(=O)NCC(=O)N1CCC[C@H]1C(=O)Nc1ccc(COC(=O)Oc2ccc([N+](=O)[O-])cc2)cc1. The number of ether oxygens (including phenoxy) is 3. The molecule has 52 heavy (non-hydrogen) atoms. The second-order valence-corrected chi connectivity index (χ2v) is 13.6. The number of rotatable bonds is 14. The van der Waals surface area contributed by atoms with Crippen molar-refractivity contribution in [3.05, 3.63) is 64.2 Å². The molecule has 1 heterocycles. The Morgan fingerprint density at radius 1 is 0.942 bits per heavy atom. The Morgan fingerprint density at radius 3 is 2.19 bits per heavy atom. The number of alkyl carbamates (subject to hydrolysis) is 1. The molecular weight excluding hydrogens is 680 g/mol. The van der Waals surface area contributed by atoms with Crippen LogP contribution < -0.4 is 26.0 Å². The quantitative estimate of drug-likeness (QED) is 0.0948. The Kier molecular flexibility index (Phi) is 14.5. The predicted octanol–water partition coefficient (Wildman–Crippen LogP) is 3.80. The van der Waals surface area contributed by atoms with E-state index in [2.05, 4.69) is 21.3 Å². The van der Waals surface area contributed by atoms with Gasteiger partial charge in [-0.3, -0.25) is 29.3 Å². The van der Waals surface area contributed by atoms with Gasteiger partial charge in [0.2, 0.25) is 23.6 Å². The highest BCUT2D eigenvalue weighted by atomic mass is 16.7.